The zero-order valence-corrected chi connectivity index (χ0v) is 14.3. The maximum Gasteiger partial charge on any atom is 0.240 e. The van der Waals surface area contributed by atoms with E-state index in [4.69, 9.17) is 11.6 Å². The Morgan fingerprint density at radius 3 is 2.57 bits per heavy atom. The van der Waals surface area contributed by atoms with Crippen molar-refractivity contribution in [2.45, 2.75) is 57.1 Å². The van der Waals surface area contributed by atoms with Crippen LogP contribution in [0.1, 0.15) is 39.2 Å². The van der Waals surface area contributed by atoms with Gasteiger partial charge in [-0.05, 0) is 42.5 Å². The van der Waals surface area contributed by atoms with Crippen LogP contribution in [0.4, 0.5) is 0 Å². The monoisotopic (exact) mass is 330 g/mol. The van der Waals surface area contributed by atoms with Gasteiger partial charge in [0.25, 0.3) is 0 Å². The highest BCUT2D eigenvalue weighted by Crippen LogP contribution is 2.28. The smallest absolute Gasteiger partial charge is 0.240 e. The Morgan fingerprint density at radius 2 is 2.00 bits per heavy atom. The molecule has 1 fully saturated rings. The summed E-state index contributed by atoms with van der Waals surface area (Å²) >= 11 is 6.14. The van der Waals surface area contributed by atoms with Gasteiger partial charge in [-0.15, -0.1) is 0 Å². The Kier molecular flexibility index (Phi) is 5.30. The summed E-state index contributed by atoms with van der Waals surface area (Å²) in [4.78, 5) is 0.284. The molecule has 0 aromatic heterocycles. The van der Waals surface area contributed by atoms with Crippen LogP contribution in [0.3, 0.4) is 0 Å². The highest BCUT2D eigenvalue weighted by atomic mass is 35.5. The fourth-order valence-electron chi connectivity index (χ4n) is 2.45. The van der Waals surface area contributed by atoms with E-state index in [1.54, 1.807) is 18.2 Å². The van der Waals surface area contributed by atoms with Gasteiger partial charge in [0.1, 0.15) is 0 Å². The number of benzene rings is 1. The topological polar surface area (TPSA) is 58.2 Å². The van der Waals surface area contributed by atoms with Crippen molar-refractivity contribution in [3.63, 3.8) is 0 Å². The predicted octanol–water partition coefficient (Wildman–Crippen LogP) is 2.91. The van der Waals surface area contributed by atoms with Crippen LogP contribution in [-0.4, -0.2) is 20.5 Å². The van der Waals surface area contributed by atoms with Gasteiger partial charge >= 0.3 is 0 Å². The van der Waals surface area contributed by atoms with Gasteiger partial charge in [0, 0.05) is 23.7 Å². The molecule has 0 aliphatic heterocycles. The fraction of sp³-hybridized carbons (Fsp3) is 0.600. The maximum atomic E-state index is 12.4. The minimum atomic E-state index is -3.46. The number of halogens is 1. The van der Waals surface area contributed by atoms with Crippen LogP contribution in [0.2, 0.25) is 5.02 Å². The van der Waals surface area contributed by atoms with E-state index in [0.29, 0.717) is 23.5 Å². The SMILES string of the molecule is CC1CC(NS(=O)(=O)c2ccc(Cl)c(CNC(C)C)c2)C1. The van der Waals surface area contributed by atoms with Crippen molar-refractivity contribution in [3.8, 4) is 0 Å². The molecule has 0 unspecified atom stereocenters. The average Bonchev–Trinajstić information content (AvgIpc) is 2.35. The number of rotatable bonds is 6. The van der Waals surface area contributed by atoms with Crippen LogP contribution >= 0.6 is 11.6 Å². The maximum absolute atomic E-state index is 12.4. The van der Waals surface area contributed by atoms with Gasteiger partial charge in [-0.3, -0.25) is 0 Å². The van der Waals surface area contributed by atoms with Crippen molar-refractivity contribution >= 4 is 21.6 Å². The minimum absolute atomic E-state index is 0.0675. The van der Waals surface area contributed by atoms with E-state index >= 15 is 0 Å². The molecule has 0 amide bonds. The molecule has 0 saturated heterocycles. The normalized spacial score (nSPS) is 22.3. The van der Waals surface area contributed by atoms with Crippen LogP contribution in [0.5, 0.6) is 0 Å². The summed E-state index contributed by atoms with van der Waals surface area (Å²) in [6.45, 7) is 6.75. The van der Waals surface area contributed by atoms with E-state index in [1.165, 1.54) is 0 Å². The number of hydrogen-bond donors (Lipinski definition) is 2. The first-order valence-corrected chi connectivity index (χ1v) is 9.18. The summed E-state index contributed by atoms with van der Waals surface area (Å²) in [5.41, 5.74) is 0.801. The molecule has 0 radical (unpaired) electrons. The lowest BCUT2D eigenvalue weighted by atomic mass is 9.83. The first kappa shape index (κ1) is 16.7. The summed E-state index contributed by atoms with van der Waals surface area (Å²) in [7, 11) is -3.46. The Balaban J connectivity index is 2.13. The summed E-state index contributed by atoms with van der Waals surface area (Å²) in [5.74, 6) is 0.605. The van der Waals surface area contributed by atoms with Gasteiger partial charge in [-0.25, -0.2) is 13.1 Å². The molecular weight excluding hydrogens is 308 g/mol. The standard InChI is InChI=1S/C15H23ClN2O2S/c1-10(2)17-9-12-8-14(4-5-15(12)16)21(19,20)18-13-6-11(3)7-13/h4-5,8,10-11,13,17-18H,6-7,9H2,1-3H3. The molecule has 0 spiro atoms. The molecule has 0 heterocycles. The zero-order valence-electron chi connectivity index (χ0n) is 12.7. The molecular formula is C15H23ClN2O2S. The van der Waals surface area contributed by atoms with Crippen molar-refractivity contribution in [3.05, 3.63) is 28.8 Å². The quantitative estimate of drug-likeness (QED) is 0.843. The third-order valence-electron chi connectivity index (χ3n) is 3.72. The second kappa shape index (κ2) is 6.65. The molecule has 1 aliphatic rings. The molecule has 2 N–H and O–H groups in total. The minimum Gasteiger partial charge on any atom is -0.310 e. The van der Waals surface area contributed by atoms with Gasteiger partial charge < -0.3 is 5.32 Å². The second-order valence-corrected chi connectivity index (χ2v) is 8.30. The van der Waals surface area contributed by atoms with Crippen LogP contribution in [0, 0.1) is 5.92 Å². The molecule has 0 bridgehead atoms. The van der Waals surface area contributed by atoms with Crippen molar-refractivity contribution in [2.75, 3.05) is 0 Å². The van der Waals surface area contributed by atoms with E-state index in [-0.39, 0.29) is 10.9 Å². The molecule has 1 saturated carbocycles. The number of sulfonamides is 1. The fourth-order valence-corrected chi connectivity index (χ4v) is 3.95. The second-order valence-electron chi connectivity index (χ2n) is 6.18. The lowest BCUT2D eigenvalue weighted by molar-refractivity contribution is 0.270. The molecule has 2 rings (SSSR count). The summed E-state index contributed by atoms with van der Waals surface area (Å²) < 4.78 is 27.5. The molecule has 1 aliphatic carbocycles. The lowest BCUT2D eigenvalue weighted by Crippen LogP contribution is -2.43. The van der Waals surface area contributed by atoms with Gasteiger partial charge in [0.05, 0.1) is 4.90 Å². The van der Waals surface area contributed by atoms with E-state index in [9.17, 15) is 8.42 Å². The predicted molar refractivity (Wildman–Crippen MR) is 85.9 cm³/mol. The molecule has 1 aromatic rings. The Labute approximate surface area is 132 Å². The average molecular weight is 331 g/mol. The first-order valence-electron chi connectivity index (χ1n) is 7.32. The molecule has 6 heteroatoms. The Hall–Kier alpha value is -0.620. The number of hydrogen-bond acceptors (Lipinski definition) is 3. The number of nitrogens with one attached hydrogen (secondary N) is 2. The van der Waals surface area contributed by atoms with Crippen molar-refractivity contribution in [2.24, 2.45) is 5.92 Å². The molecule has 1 aromatic carbocycles. The van der Waals surface area contributed by atoms with E-state index in [2.05, 4.69) is 17.0 Å². The largest absolute Gasteiger partial charge is 0.310 e. The third-order valence-corrected chi connectivity index (χ3v) is 5.61. The molecule has 0 atom stereocenters. The summed E-state index contributed by atoms with van der Waals surface area (Å²) in [6.07, 6.45) is 1.82. The van der Waals surface area contributed by atoms with Gasteiger partial charge in [0.15, 0.2) is 0 Å². The summed E-state index contributed by atoms with van der Waals surface area (Å²) in [6, 6.07) is 5.25. The Morgan fingerprint density at radius 1 is 1.33 bits per heavy atom. The highest BCUT2D eigenvalue weighted by molar-refractivity contribution is 7.89. The van der Waals surface area contributed by atoms with Crippen molar-refractivity contribution in [1.82, 2.24) is 10.0 Å². The van der Waals surface area contributed by atoms with Gasteiger partial charge in [-0.2, -0.15) is 0 Å². The van der Waals surface area contributed by atoms with Gasteiger partial charge in [0.2, 0.25) is 10.0 Å². The highest BCUT2D eigenvalue weighted by Gasteiger charge is 2.30. The zero-order chi connectivity index (χ0) is 15.6. The van der Waals surface area contributed by atoms with Crippen LogP contribution in [0.25, 0.3) is 0 Å². The van der Waals surface area contributed by atoms with E-state index < -0.39 is 10.0 Å². The first-order chi connectivity index (χ1) is 9.78. The molecule has 118 valence electrons. The van der Waals surface area contributed by atoms with Crippen LogP contribution in [0.15, 0.2) is 23.1 Å². The molecule has 4 nitrogen and oxygen atoms in total. The van der Waals surface area contributed by atoms with Gasteiger partial charge in [-0.1, -0.05) is 32.4 Å². The molecule has 21 heavy (non-hydrogen) atoms. The lowest BCUT2D eigenvalue weighted by Gasteiger charge is -2.32. The van der Waals surface area contributed by atoms with Crippen molar-refractivity contribution < 1.29 is 8.42 Å². The summed E-state index contributed by atoms with van der Waals surface area (Å²) in [5, 5.41) is 3.83. The van der Waals surface area contributed by atoms with Crippen LogP contribution in [-0.2, 0) is 16.6 Å². The van der Waals surface area contributed by atoms with E-state index in [1.807, 2.05) is 13.8 Å². The third kappa shape index (κ3) is 4.42. The van der Waals surface area contributed by atoms with Crippen molar-refractivity contribution in [1.29, 1.82) is 0 Å². The van der Waals surface area contributed by atoms with Crippen LogP contribution < -0.4 is 10.0 Å². The Bertz CT molecular complexity index is 596. The van der Waals surface area contributed by atoms with E-state index in [0.717, 1.165) is 18.4 Å².